The second-order valence-electron chi connectivity index (χ2n) is 5.59. The third-order valence-corrected chi connectivity index (χ3v) is 3.99. The highest BCUT2D eigenvalue weighted by molar-refractivity contribution is 5.10. The molecule has 0 N–H and O–H groups in total. The molecule has 2 aromatic rings. The van der Waals surface area contributed by atoms with Gasteiger partial charge in [-0.2, -0.15) is 4.98 Å². The number of hydrogen-bond acceptors (Lipinski definition) is 5. The van der Waals surface area contributed by atoms with Gasteiger partial charge in [-0.05, 0) is 37.9 Å². The van der Waals surface area contributed by atoms with Crippen molar-refractivity contribution in [1.82, 2.24) is 20.0 Å². The van der Waals surface area contributed by atoms with Crippen molar-refractivity contribution in [3.63, 3.8) is 0 Å². The van der Waals surface area contributed by atoms with Gasteiger partial charge in [-0.1, -0.05) is 24.6 Å². The maximum Gasteiger partial charge on any atom is 0.226 e. The zero-order valence-electron chi connectivity index (χ0n) is 12.5. The molecule has 112 valence electrons. The number of nitrogens with zero attached hydrogens (tertiary/aromatic N) is 4. The Kier molecular flexibility index (Phi) is 4.60. The number of aromatic nitrogens is 3. The third kappa shape index (κ3) is 3.47. The van der Waals surface area contributed by atoms with Crippen LogP contribution in [-0.2, 0) is 13.0 Å². The van der Waals surface area contributed by atoms with Crippen LogP contribution in [0.4, 0.5) is 0 Å². The van der Waals surface area contributed by atoms with E-state index in [1.54, 1.807) is 0 Å². The van der Waals surface area contributed by atoms with E-state index in [0.717, 1.165) is 56.2 Å². The van der Waals surface area contributed by atoms with E-state index in [9.17, 15) is 0 Å². The molecule has 0 spiro atoms. The highest BCUT2D eigenvalue weighted by Crippen LogP contribution is 2.31. The summed E-state index contributed by atoms with van der Waals surface area (Å²) in [6, 6.07) is 6.49. The summed E-state index contributed by atoms with van der Waals surface area (Å²) in [5.41, 5.74) is 1.14. The molecule has 0 bridgehead atoms. The Morgan fingerprint density at radius 2 is 2.33 bits per heavy atom. The van der Waals surface area contributed by atoms with Crippen molar-refractivity contribution in [1.29, 1.82) is 0 Å². The molecule has 1 unspecified atom stereocenters. The fourth-order valence-electron chi connectivity index (χ4n) is 2.89. The maximum atomic E-state index is 5.31. The largest absolute Gasteiger partial charge is 0.339 e. The van der Waals surface area contributed by atoms with Gasteiger partial charge in [-0.3, -0.25) is 9.88 Å². The summed E-state index contributed by atoms with van der Waals surface area (Å²) in [6.07, 6.45) is 7.34. The third-order valence-electron chi connectivity index (χ3n) is 3.99. The predicted octanol–water partition coefficient (Wildman–Crippen LogP) is 3.14. The lowest BCUT2D eigenvalue weighted by Gasteiger charge is -2.22. The zero-order valence-corrected chi connectivity index (χ0v) is 12.5. The van der Waals surface area contributed by atoms with Gasteiger partial charge in [0.15, 0.2) is 5.82 Å². The second-order valence-corrected chi connectivity index (χ2v) is 5.59. The van der Waals surface area contributed by atoms with Crippen LogP contribution >= 0.6 is 0 Å². The SMILES string of the molecule is CCCCc1nc(CN2CCCC2c2ccccn2)no1. The predicted molar refractivity (Wildman–Crippen MR) is 79.5 cm³/mol. The minimum atomic E-state index is 0.379. The fourth-order valence-corrected chi connectivity index (χ4v) is 2.89. The van der Waals surface area contributed by atoms with E-state index in [-0.39, 0.29) is 0 Å². The first-order valence-corrected chi connectivity index (χ1v) is 7.83. The first kappa shape index (κ1) is 14.2. The lowest BCUT2D eigenvalue weighted by molar-refractivity contribution is 0.234. The monoisotopic (exact) mass is 286 g/mol. The van der Waals surface area contributed by atoms with Crippen molar-refractivity contribution in [2.75, 3.05) is 6.54 Å². The summed E-state index contributed by atoms with van der Waals surface area (Å²) in [6.45, 7) is 3.98. The van der Waals surface area contributed by atoms with E-state index in [1.165, 1.54) is 6.42 Å². The molecule has 3 heterocycles. The molecule has 0 aliphatic carbocycles. The smallest absolute Gasteiger partial charge is 0.226 e. The first-order chi connectivity index (χ1) is 10.4. The molecule has 0 radical (unpaired) electrons. The van der Waals surface area contributed by atoms with Gasteiger partial charge < -0.3 is 4.52 Å². The minimum absolute atomic E-state index is 0.379. The van der Waals surface area contributed by atoms with E-state index in [2.05, 4.69) is 39.1 Å². The van der Waals surface area contributed by atoms with Crippen LogP contribution in [-0.4, -0.2) is 26.6 Å². The molecule has 3 rings (SSSR count). The Balaban J connectivity index is 1.65. The highest BCUT2D eigenvalue weighted by atomic mass is 16.5. The molecule has 2 aromatic heterocycles. The van der Waals surface area contributed by atoms with Crippen LogP contribution in [0.1, 0.15) is 56.1 Å². The van der Waals surface area contributed by atoms with Gasteiger partial charge in [0.1, 0.15) is 0 Å². The Hall–Kier alpha value is -1.75. The molecule has 0 amide bonds. The lowest BCUT2D eigenvalue weighted by Crippen LogP contribution is -2.24. The number of aryl methyl sites for hydroxylation is 1. The quantitative estimate of drug-likeness (QED) is 0.816. The molecule has 0 aromatic carbocycles. The average Bonchev–Trinajstić information content (AvgIpc) is 3.16. The molecule has 1 saturated heterocycles. The topological polar surface area (TPSA) is 55.1 Å². The minimum Gasteiger partial charge on any atom is -0.339 e. The van der Waals surface area contributed by atoms with Crippen molar-refractivity contribution in [2.24, 2.45) is 0 Å². The molecular weight excluding hydrogens is 264 g/mol. The van der Waals surface area contributed by atoms with Gasteiger partial charge in [-0.15, -0.1) is 0 Å². The Bertz CT molecular complexity index is 554. The number of rotatable bonds is 6. The number of unbranched alkanes of at least 4 members (excludes halogenated alkanes) is 1. The van der Waals surface area contributed by atoms with Crippen molar-refractivity contribution < 1.29 is 4.52 Å². The second kappa shape index (κ2) is 6.80. The zero-order chi connectivity index (χ0) is 14.5. The molecule has 0 saturated carbocycles. The molecule has 5 heteroatoms. The van der Waals surface area contributed by atoms with Gasteiger partial charge >= 0.3 is 0 Å². The Morgan fingerprint density at radius 1 is 1.38 bits per heavy atom. The Labute approximate surface area is 125 Å². The van der Waals surface area contributed by atoms with Crippen LogP contribution in [0.3, 0.4) is 0 Å². The summed E-state index contributed by atoms with van der Waals surface area (Å²) in [7, 11) is 0. The summed E-state index contributed by atoms with van der Waals surface area (Å²) in [5.74, 6) is 1.56. The first-order valence-electron chi connectivity index (χ1n) is 7.83. The molecule has 1 aliphatic heterocycles. The average molecular weight is 286 g/mol. The maximum absolute atomic E-state index is 5.31. The van der Waals surface area contributed by atoms with Crippen LogP contribution in [0.5, 0.6) is 0 Å². The van der Waals surface area contributed by atoms with E-state index >= 15 is 0 Å². The number of hydrogen-bond donors (Lipinski definition) is 0. The van der Waals surface area contributed by atoms with Crippen molar-refractivity contribution in [2.45, 2.75) is 51.6 Å². The van der Waals surface area contributed by atoms with Crippen LogP contribution in [0.25, 0.3) is 0 Å². The van der Waals surface area contributed by atoms with Crippen molar-refractivity contribution >= 4 is 0 Å². The molecule has 1 aliphatic rings. The summed E-state index contributed by atoms with van der Waals surface area (Å²) in [5, 5.41) is 4.11. The van der Waals surface area contributed by atoms with Crippen LogP contribution in [0.2, 0.25) is 0 Å². The van der Waals surface area contributed by atoms with E-state index in [1.807, 2.05) is 12.3 Å². The fraction of sp³-hybridized carbons (Fsp3) is 0.562. The van der Waals surface area contributed by atoms with E-state index in [4.69, 9.17) is 4.52 Å². The summed E-state index contributed by atoms with van der Waals surface area (Å²) in [4.78, 5) is 11.4. The molecule has 1 fully saturated rings. The van der Waals surface area contributed by atoms with Gasteiger partial charge in [0.25, 0.3) is 0 Å². The van der Waals surface area contributed by atoms with E-state index in [0.29, 0.717) is 6.04 Å². The van der Waals surface area contributed by atoms with Gasteiger partial charge in [0.2, 0.25) is 5.89 Å². The summed E-state index contributed by atoms with van der Waals surface area (Å²) >= 11 is 0. The van der Waals surface area contributed by atoms with E-state index < -0.39 is 0 Å². The van der Waals surface area contributed by atoms with Crippen LogP contribution in [0.15, 0.2) is 28.9 Å². The normalized spacial score (nSPS) is 19.2. The van der Waals surface area contributed by atoms with Gasteiger partial charge in [0, 0.05) is 12.6 Å². The number of pyridine rings is 1. The van der Waals surface area contributed by atoms with Crippen molar-refractivity contribution in [3.05, 3.63) is 41.8 Å². The molecule has 21 heavy (non-hydrogen) atoms. The van der Waals surface area contributed by atoms with Crippen LogP contribution < -0.4 is 0 Å². The van der Waals surface area contributed by atoms with Gasteiger partial charge in [-0.25, -0.2) is 0 Å². The van der Waals surface area contributed by atoms with Crippen molar-refractivity contribution in [3.8, 4) is 0 Å². The standard InChI is InChI=1S/C16H22N4O/c1-2-3-9-16-18-15(19-21-16)12-20-11-6-8-14(20)13-7-4-5-10-17-13/h4-5,7,10,14H,2-3,6,8-9,11-12H2,1H3. The molecular formula is C16H22N4O. The summed E-state index contributed by atoms with van der Waals surface area (Å²) < 4.78 is 5.31. The van der Waals surface area contributed by atoms with Crippen LogP contribution in [0, 0.1) is 0 Å². The van der Waals surface area contributed by atoms with Gasteiger partial charge in [0.05, 0.1) is 18.3 Å². The highest BCUT2D eigenvalue weighted by Gasteiger charge is 2.28. The molecule has 1 atom stereocenters. The number of likely N-dealkylation sites (tertiary alicyclic amines) is 1. The molecule has 5 nitrogen and oxygen atoms in total. The Morgan fingerprint density at radius 3 is 3.14 bits per heavy atom. The lowest BCUT2D eigenvalue weighted by atomic mass is 10.1.